The van der Waals surface area contributed by atoms with Crippen molar-refractivity contribution in [1.82, 2.24) is 9.80 Å². The number of carbonyl (C=O) groups excluding carboxylic acids is 1. The maximum Gasteiger partial charge on any atom is 0.420 e. The van der Waals surface area contributed by atoms with Crippen molar-refractivity contribution in [2.24, 2.45) is 4.40 Å². The third-order valence-electron chi connectivity index (χ3n) is 5.43. The summed E-state index contributed by atoms with van der Waals surface area (Å²) in [4.78, 5) is 16.2. The fourth-order valence-electron chi connectivity index (χ4n) is 3.69. The number of rotatable bonds is 4. The van der Waals surface area contributed by atoms with Crippen LogP contribution < -0.4 is 4.74 Å². The van der Waals surface area contributed by atoms with Crippen molar-refractivity contribution in [3.05, 3.63) is 89.5 Å². The Balaban J connectivity index is 1.65. The molecule has 2 aliphatic rings. The van der Waals surface area contributed by atoms with Gasteiger partial charge in [0.05, 0.1) is 10.9 Å². The molecule has 0 spiro atoms. The molecule has 8 heteroatoms. The van der Waals surface area contributed by atoms with Gasteiger partial charge in [0.1, 0.15) is 11.6 Å². The van der Waals surface area contributed by atoms with Crippen LogP contribution in [0.25, 0.3) is 0 Å². The highest BCUT2D eigenvalue weighted by molar-refractivity contribution is 7.94. The lowest BCUT2D eigenvalue weighted by Crippen LogP contribution is -2.34. The van der Waals surface area contributed by atoms with Gasteiger partial charge in [-0.3, -0.25) is 4.90 Å². The van der Waals surface area contributed by atoms with E-state index < -0.39 is 22.2 Å². The maximum absolute atomic E-state index is 13.1. The number of piperidine rings is 1. The molecule has 0 N–H and O–H groups in total. The Kier molecular flexibility index (Phi) is 6.41. The van der Waals surface area contributed by atoms with Crippen LogP contribution in [0.2, 0.25) is 0 Å². The summed E-state index contributed by atoms with van der Waals surface area (Å²) in [5.74, 6) is 0.972. The number of amidine groups is 1. The van der Waals surface area contributed by atoms with Crippen LogP contribution in [0.1, 0.15) is 30.9 Å². The minimum Gasteiger partial charge on any atom is -0.410 e. The molecule has 2 aromatic carbocycles. The van der Waals surface area contributed by atoms with Crippen LogP contribution in [0.4, 0.5) is 4.79 Å². The molecular weight excluding hydrogens is 426 g/mol. The first kappa shape index (κ1) is 21.8. The molecule has 1 saturated heterocycles. The summed E-state index contributed by atoms with van der Waals surface area (Å²) in [5, 5.41) is 0. The van der Waals surface area contributed by atoms with Crippen molar-refractivity contribution in [1.29, 1.82) is 0 Å². The molecule has 1 amide bonds. The summed E-state index contributed by atoms with van der Waals surface area (Å²) in [6, 6.07) is 17.3. The zero-order valence-corrected chi connectivity index (χ0v) is 18.6. The molecule has 32 heavy (non-hydrogen) atoms. The number of likely N-dealkylation sites (tertiary alicyclic amines) is 1. The molecule has 166 valence electrons. The summed E-state index contributed by atoms with van der Waals surface area (Å²) in [5.41, 5.74) is 0.761. The average Bonchev–Trinajstić information content (AvgIpc) is 2.81. The van der Waals surface area contributed by atoms with Gasteiger partial charge in [0, 0.05) is 26.2 Å². The van der Waals surface area contributed by atoms with E-state index in [4.69, 9.17) is 4.74 Å². The van der Waals surface area contributed by atoms with Crippen LogP contribution >= 0.6 is 0 Å². The van der Waals surface area contributed by atoms with Crippen LogP contribution in [-0.4, -0.2) is 43.7 Å². The van der Waals surface area contributed by atoms with Crippen molar-refractivity contribution >= 4 is 22.0 Å². The van der Waals surface area contributed by atoms with Crippen molar-refractivity contribution < 1.29 is 17.9 Å². The van der Waals surface area contributed by atoms with E-state index in [1.807, 2.05) is 48.3 Å². The second kappa shape index (κ2) is 9.40. The smallest absolute Gasteiger partial charge is 0.410 e. The van der Waals surface area contributed by atoms with E-state index in [2.05, 4.69) is 4.40 Å². The second-order valence-electron chi connectivity index (χ2n) is 7.69. The first-order chi connectivity index (χ1) is 15.4. The number of allylic oxidation sites excluding steroid dienone is 1. The Bertz CT molecular complexity index is 1160. The molecule has 1 fully saturated rings. The molecule has 0 saturated carbocycles. The molecule has 2 aliphatic heterocycles. The first-order valence-corrected chi connectivity index (χ1v) is 11.9. The highest BCUT2D eigenvalue weighted by atomic mass is 32.2. The van der Waals surface area contributed by atoms with Gasteiger partial charge in [-0.15, -0.1) is 4.40 Å². The van der Waals surface area contributed by atoms with Gasteiger partial charge in [0.25, 0.3) is 10.0 Å². The quantitative estimate of drug-likeness (QED) is 0.685. The summed E-state index contributed by atoms with van der Waals surface area (Å²) < 4.78 is 35.7. The normalized spacial score (nSPS) is 20.2. The lowest BCUT2D eigenvalue weighted by molar-refractivity contribution is 0.161. The Morgan fingerprint density at radius 2 is 1.72 bits per heavy atom. The minimum absolute atomic E-state index is 0.0570. The van der Waals surface area contributed by atoms with Crippen molar-refractivity contribution in [2.45, 2.75) is 25.3 Å². The molecule has 1 atom stereocenters. The fraction of sp³-hybridized carbons (Fsp3) is 0.250. The second-order valence-corrected chi connectivity index (χ2v) is 9.29. The molecular formula is C24H25N3O4S. The Hall–Kier alpha value is -3.39. The first-order valence-electron chi connectivity index (χ1n) is 10.5. The number of hydrogen-bond donors (Lipinski definition) is 0. The van der Waals surface area contributed by atoms with E-state index in [0.29, 0.717) is 18.0 Å². The highest BCUT2D eigenvalue weighted by Gasteiger charge is 2.30. The van der Waals surface area contributed by atoms with Crippen molar-refractivity contribution in [3.63, 3.8) is 0 Å². The van der Waals surface area contributed by atoms with Crippen LogP contribution in [0.15, 0.2) is 88.3 Å². The number of benzene rings is 2. The van der Waals surface area contributed by atoms with Gasteiger partial charge in [-0.25, -0.2) is 4.79 Å². The number of sulfonamides is 1. The number of carbonyl (C=O) groups is 1. The number of ether oxygens (including phenoxy) is 1. The molecule has 1 unspecified atom stereocenters. The molecule has 2 heterocycles. The van der Waals surface area contributed by atoms with Crippen molar-refractivity contribution in [3.8, 4) is 5.75 Å². The summed E-state index contributed by atoms with van der Waals surface area (Å²) in [6.45, 7) is 0.787. The molecule has 2 aromatic rings. The molecule has 0 bridgehead atoms. The summed E-state index contributed by atoms with van der Waals surface area (Å²) in [7, 11) is -2.07. The average molecular weight is 452 g/mol. The highest BCUT2D eigenvalue weighted by Crippen LogP contribution is 2.31. The third-order valence-corrected chi connectivity index (χ3v) is 6.75. The lowest BCUT2D eigenvalue weighted by Gasteiger charge is -2.29. The third kappa shape index (κ3) is 4.91. The van der Waals surface area contributed by atoms with E-state index in [1.165, 1.54) is 17.2 Å². The molecule has 4 rings (SSSR count). The molecule has 0 aliphatic carbocycles. The standard InChI is InChI=1S/C24H25N3O4S/c1-26-16-9-8-14-23(26)25-32(29,30)21-15-17-27(22(18-21)19-10-4-2-5-11-19)24(28)31-20-12-6-3-7-13-20/h2-7,10-13,15,17-18,22H,8-9,14,16H2,1H3/b25-23-. The Morgan fingerprint density at radius 3 is 2.41 bits per heavy atom. The van der Waals surface area contributed by atoms with Crippen LogP contribution in [-0.2, 0) is 10.0 Å². The van der Waals surface area contributed by atoms with E-state index in [1.54, 1.807) is 30.3 Å². The van der Waals surface area contributed by atoms with Crippen LogP contribution in [0.5, 0.6) is 5.75 Å². The predicted octanol–water partition coefficient (Wildman–Crippen LogP) is 4.48. The van der Waals surface area contributed by atoms with Gasteiger partial charge < -0.3 is 9.64 Å². The van der Waals surface area contributed by atoms with Gasteiger partial charge in [0.2, 0.25) is 0 Å². The Labute approximate surface area is 188 Å². The van der Waals surface area contributed by atoms with E-state index >= 15 is 0 Å². The van der Waals surface area contributed by atoms with Gasteiger partial charge in [-0.05, 0) is 42.7 Å². The predicted molar refractivity (Wildman–Crippen MR) is 124 cm³/mol. The zero-order chi connectivity index (χ0) is 22.6. The summed E-state index contributed by atoms with van der Waals surface area (Å²) >= 11 is 0. The van der Waals surface area contributed by atoms with Gasteiger partial charge in [-0.2, -0.15) is 8.42 Å². The minimum atomic E-state index is -3.92. The molecule has 7 nitrogen and oxygen atoms in total. The van der Waals surface area contributed by atoms with Gasteiger partial charge in [0.15, 0.2) is 0 Å². The van der Waals surface area contributed by atoms with Crippen molar-refractivity contribution in [2.75, 3.05) is 13.6 Å². The van der Waals surface area contributed by atoms with Crippen LogP contribution in [0, 0.1) is 0 Å². The van der Waals surface area contributed by atoms with E-state index in [9.17, 15) is 13.2 Å². The molecule has 0 aromatic heterocycles. The number of hydrogen-bond acceptors (Lipinski definition) is 4. The van der Waals surface area contributed by atoms with Crippen LogP contribution in [0.3, 0.4) is 0 Å². The fourth-order valence-corrected chi connectivity index (χ4v) is 4.84. The monoisotopic (exact) mass is 451 g/mol. The van der Waals surface area contributed by atoms with Gasteiger partial charge in [-0.1, -0.05) is 48.5 Å². The summed E-state index contributed by atoms with van der Waals surface area (Å²) in [6.07, 6.45) is 6.35. The number of para-hydroxylation sites is 1. The number of amides is 1. The maximum atomic E-state index is 13.1. The van der Waals surface area contributed by atoms with Gasteiger partial charge >= 0.3 is 6.09 Å². The largest absolute Gasteiger partial charge is 0.420 e. The number of nitrogens with zero attached hydrogens (tertiary/aromatic N) is 3. The SMILES string of the molecule is CN1CCCC/C1=N/S(=O)(=O)C1=CC(c2ccccc2)N(C(=O)Oc2ccccc2)C=C1. The molecule has 0 radical (unpaired) electrons. The van der Waals surface area contributed by atoms with E-state index in [-0.39, 0.29) is 4.91 Å². The lowest BCUT2D eigenvalue weighted by atomic mass is 10.0. The Morgan fingerprint density at radius 1 is 1.03 bits per heavy atom. The van der Waals surface area contributed by atoms with E-state index in [0.717, 1.165) is 24.9 Å². The zero-order valence-electron chi connectivity index (χ0n) is 17.8. The topological polar surface area (TPSA) is 79.3 Å².